The second kappa shape index (κ2) is 25.2. The van der Waals surface area contributed by atoms with E-state index in [9.17, 15) is 28.8 Å². The van der Waals surface area contributed by atoms with Gasteiger partial charge in [-0.3, -0.25) is 33.6 Å². The molecule has 4 aromatic rings. The number of nitrogens with zero attached hydrogens (tertiary/aromatic N) is 3. The van der Waals surface area contributed by atoms with Gasteiger partial charge in [-0.05, 0) is 116 Å². The minimum absolute atomic E-state index is 0.0261. The highest BCUT2D eigenvalue weighted by Crippen LogP contribution is 2.34. The molecule has 0 saturated carbocycles. The molecule has 6 N–H and O–H groups in total. The quantitative estimate of drug-likeness (QED) is 0.0670. The summed E-state index contributed by atoms with van der Waals surface area (Å²) < 4.78 is 0. The van der Waals surface area contributed by atoms with Gasteiger partial charge in [-0.2, -0.15) is 0 Å². The van der Waals surface area contributed by atoms with Gasteiger partial charge in [0.05, 0.1) is 28.2 Å². The number of carbonyl (C=O) groups excluding carboxylic acids is 7. The van der Waals surface area contributed by atoms with E-state index in [1.54, 1.807) is 80.2 Å². The van der Waals surface area contributed by atoms with Crippen molar-refractivity contribution >= 4 is 64.6 Å². The zero-order chi connectivity index (χ0) is 56.8. The second-order valence-electron chi connectivity index (χ2n) is 23.3. The largest absolute Gasteiger partial charge is 0.347 e. The molecule has 0 unspecified atom stereocenters. The monoisotopic (exact) mass is 1110 g/mol. The van der Waals surface area contributed by atoms with Crippen LogP contribution in [-0.2, 0) is 61.2 Å². The minimum Gasteiger partial charge on any atom is -0.347 e. The van der Waals surface area contributed by atoms with Crippen LogP contribution in [0.4, 0.5) is 0 Å². The Morgan fingerprint density at radius 2 is 1.24 bits per heavy atom. The molecule has 7 rings (SSSR count). The smallest absolute Gasteiger partial charge is 0.251 e. The summed E-state index contributed by atoms with van der Waals surface area (Å²) in [6, 6.07) is 21.9. The van der Waals surface area contributed by atoms with Crippen LogP contribution in [-0.4, -0.2) is 119 Å². The van der Waals surface area contributed by atoms with Crippen LogP contribution in [0, 0.1) is 10.8 Å². The molecule has 0 spiro atoms. The lowest BCUT2D eigenvalue weighted by molar-refractivity contribution is -0.151. The van der Waals surface area contributed by atoms with Crippen LogP contribution in [0.2, 0.25) is 10.0 Å². The summed E-state index contributed by atoms with van der Waals surface area (Å²) in [4.78, 5) is 105. The number of hydrogen-bond acceptors (Lipinski definition) is 9. The molecule has 4 aromatic carbocycles. The molecule has 78 heavy (non-hydrogen) atoms. The van der Waals surface area contributed by atoms with E-state index >= 15 is 4.79 Å². The number of carbonyl (C=O) groups is 7. The number of benzene rings is 4. The lowest BCUT2D eigenvalue weighted by Gasteiger charge is -2.42. The SMILES string of the molecule is CN[C@@H](C)C(=O)N[C@H](C(=O)N1C[C@@H](NC(=O)c2ccc(CN(Cc3cccc(Cl)c3Cl)C(=O)[C@@H]3Cc4ccccc4CN3C(=O)[C@@H](NC(=O)[C@H](C)NC)C(C)(C)C)cc2)C[C@H]1C(=O)N[C@@H]1CCCc2ccccc21)C(C)(C)C. The summed E-state index contributed by atoms with van der Waals surface area (Å²) in [6.45, 7) is 14.9. The fourth-order valence-corrected chi connectivity index (χ4v) is 10.9. The van der Waals surface area contributed by atoms with Crippen molar-refractivity contribution < 1.29 is 33.6 Å². The molecule has 7 amide bonds. The van der Waals surface area contributed by atoms with Gasteiger partial charge in [0.15, 0.2) is 0 Å². The Kier molecular flexibility index (Phi) is 19.2. The first-order valence-electron chi connectivity index (χ1n) is 27.0. The first-order valence-corrected chi connectivity index (χ1v) is 27.8. The Labute approximate surface area is 469 Å². The maximum absolute atomic E-state index is 15.4. The lowest BCUT2D eigenvalue weighted by Crippen LogP contribution is -2.62. The van der Waals surface area contributed by atoms with Gasteiger partial charge in [-0.25, -0.2) is 0 Å². The zero-order valence-corrected chi connectivity index (χ0v) is 48.1. The van der Waals surface area contributed by atoms with E-state index in [2.05, 4.69) is 38.0 Å². The van der Waals surface area contributed by atoms with Gasteiger partial charge in [-0.15, -0.1) is 0 Å². The molecule has 1 saturated heterocycles. The third kappa shape index (κ3) is 13.9. The molecule has 18 heteroatoms. The molecule has 2 aliphatic heterocycles. The Balaban J connectivity index is 1.14. The molecular weight excluding hydrogens is 1030 g/mol. The Bertz CT molecular complexity index is 2870. The Morgan fingerprint density at radius 1 is 0.667 bits per heavy atom. The van der Waals surface area contributed by atoms with Crippen LogP contribution >= 0.6 is 23.2 Å². The lowest BCUT2D eigenvalue weighted by atomic mass is 9.84. The number of aryl methyl sites for hydroxylation is 1. The molecule has 418 valence electrons. The molecule has 3 aliphatic rings. The molecule has 0 radical (unpaired) electrons. The van der Waals surface area contributed by atoms with E-state index < -0.39 is 64.9 Å². The Morgan fingerprint density at radius 3 is 1.85 bits per heavy atom. The van der Waals surface area contributed by atoms with Crippen LogP contribution < -0.4 is 31.9 Å². The van der Waals surface area contributed by atoms with Gasteiger partial charge < -0.3 is 46.6 Å². The predicted molar refractivity (Wildman–Crippen MR) is 303 cm³/mol. The highest BCUT2D eigenvalue weighted by Gasteiger charge is 2.47. The number of fused-ring (bicyclic) bond motifs is 2. The number of nitrogens with one attached hydrogen (secondary N) is 6. The van der Waals surface area contributed by atoms with Gasteiger partial charge in [0.1, 0.15) is 24.2 Å². The van der Waals surface area contributed by atoms with Crippen LogP contribution in [0.25, 0.3) is 0 Å². The summed E-state index contributed by atoms with van der Waals surface area (Å²) >= 11 is 13.3. The van der Waals surface area contributed by atoms with E-state index in [0.717, 1.165) is 36.0 Å². The van der Waals surface area contributed by atoms with Crippen LogP contribution in [0.3, 0.4) is 0 Å². The molecule has 1 aliphatic carbocycles. The Hall–Kier alpha value is -6.33. The summed E-state index contributed by atoms with van der Waals surface area (Å²) in [5.41, 5.74) is 4.16. The van der Waals surface area contributed by atoms with Crippen molar-refractivity contribution in [1.29, 1.82) is 0 Å². The standard InChI is InChI=1S/C60H77Cl2N9O7/c1-35(63-9)52(72)67-50(59(3,4)5)57(77)70-33-41-19-12-11-18-40(41)29-48(70)56(76)69(32-42-21-15-23-45(61)49(42)62)31-37-25-27-39(28-26-37)54(74)65-43-30-47(55(75)66-46-24-16-20-38-17-13-14-22-44(38)46)71(34-43)58(78)51(60(6,7)8)68-53(73)36(2)64-10/h11-15,17-19,21-23,25-28,35-36,43,46-48,50-51,63-64H,16,20,24,29-34H2,1-10H3,(H,65,74)(H,66,75)(H,67,72)(H,68,73)/t35-,36-,43-,46+,47-,48-,50+,51+/m0/s1. The predicted octanol–water partition coefficient (Wildman–Crippen LogP) is 6.65. The van der Waals surface area contributed by atoms with E-state index in [1.165, 1.54) is 10.5 Å². The van der Waals surface area contributed by atoms with E-state index in [-0.39, 0.29) is 79.6 Å². The number of amides is 7. The fraction of sp³-hybridized carbons (Fsp3) is 0.483. The van der Waals surface area contributed by atoms with Crippen molar-refractivity contribution in [2.24, 2.45) is 10.8 Å². The average Bonchev–Trinajstić information content (AvgIpc) is 3.89. The maximum atomic E-state index is 15.4. The van der Waals surface area contributed by atoms with Crippen molar-refractivity contribution in [3.05, 3.63) is 140 Å². The van der Waals surface area contributed by atoms with Gasteiger partial charge >= 0.3 is 0 Å². The molecule has 0 aromatic heterocycles. The summed E-state index contributed by atoms with van der Waals surface area (Å²) in [5.74, 6) is -2.63. The van der Waals surface area contributed by atoms with Gasteiger partial charge in [0.2, 0.25) is 35.4 Å². The summed E-state index contributed by atoms with van der Waals surface area (Å²) in [5, 5.41) is 18.7. The van der Waals surface area contributed by atoms with E-state index in [0.29, 0.717) is 21.7 Å². The van der Waals surface area contributed by atoms with Gasteiger partial charge in [0, 0.05) is 44.2 Å². The first kappa shape index (κ1) is 59.3. The van der Waals surface area contributed by atoms with Crippen molar-refractivity contribution in [2.75, 3.05) is 20.6 Å². The van der Waals surface area contributed by atoms with Crippen molar-refractivity contribution in [3.8, 4) is 0 Å². The van der Waals surface area contributed by atoms with E-state index in [1.807, 2.05) is 84.0 Å². The normalized spacial score (nSPS) is 19.7. The summed E-state index contributed by atoms with van der Waals surface area (Å²) in [7, 11) is 3.33. The van der Waals surface area contributed by atoms with Crippen molar-refractivity contribution in [2.45, 2.75) is 155 Å². The maximum Gasteiger partial charge on any atom is 0.251 e. The molecule has 8 atom stereocenters. The van der Waals surface area contributed by atoms with Crippen molar-refractivity contribution in [1.82, 2.24) is 46.6 Å². The third-order valence-corrected chi connectivity index (χ3v) is 16.3. The summed E-state index contributed by atoms with van der Waals surface area (Å²) in [6.07, 6.45) is 2.91. The molecular formula is C60H77Cl2N9O7. The fourth-order valence-electron chi connectivity index (χ4n) is 10.6. The number of hydrogen-bond donors (Lipinski definition) is 6. The van der Waals surface area contributed by atoms with Gasteiger partial charge in [0.25, 0.3) is 5.91 Å². The first-order chi connectivity index (χ1) is 36.9. The molecule has 0 bridgehead atoms. The van der Waals surface area contributed by atoms with E-state index in [4.69, 9.17) is 23.2 Å². The van der Waals surface area contributed by atoms with Crippen molar-refractivity contribution in [3.63, 3.8) is 0 Å². The number of rotatable bonds is 17. The van der Waals surface area contributed by atoms with Gasteiger partial charge in [-0.1, -0.05) is 138 Å². The zero-order valence-electron chi connectivity index (χ0n) is 46.6. The number of likely N-dealkylation sites (N-methyl/N-ethyl adjacent to an activating group) is 2. The highest BCUT2D eigenvalue weighted by atomic mass is 35.5. The topological polar surface area (TPSA) is 201 Å². The van der Waals surface area contributed by atoms with Crippen LogP contribution in [0.1, 0.15) is 124 Å². The van der Waals surface area contributed by atoms with Crippen LogP contribution in [0.15, 0.2) is 91.0 Å². The molecule has 16 nitrogen and oxygen atoms in total. The minimum atomic E-state index is -0.979. The van der Waals surface area contributed by atoms with Crippen LogP contribution in [0.5, 0.6) is 0 Å². The number of likely N-dealkylation sites (tertiary alicyclic amines) is 1. The number of halogens is 2. The molecule has 2 heterocycles. The molecule has 1 fully saturated rings. The second-order valence-corrected chi connectivity index (χ2v) is 24.0. The highest BCUT2D eigenvalue weighted by molar-refractivity contribution is 6.42. The average molecular weight is 1110 g/mol. The third-order valence-electron chi connectivity index (χ3n) is 15.5.